The number of alkyl halides is 3. The van der Waals surface area contributed by atoms with Crippen LogP contribution in [0.5, 0.6) is 0 Å². The van der Waals surface area contributed by atoms with Gasteiger partial charge in [0.2, 0.25) is 0 Å². The molecular formula is C24H25F5. The molecule has 1 aliphatic rings. The van der Waals surface area contributed by atoms with E-state index in [1.807, 2.05) is 18.2 Å². The van der Waals surface area contributed by atoms with Crippen LogP contribution in [-0.2, 0) is 6.42 Å². The van der Waals surface area contributed by atoms with Crippen molar-refractivity contribution in [3.8, 4) is 11.1 Å². The number of allylic oxidation sites excluding steroid dienone is 2. The first kappa shape index (κ1) is 21.5. The third-order valence-corrected chi connectivity index (χ3v) is 5.68. The molecule has 0 heterocycles. The van der Waals surface area contributed by atoms with Crippen molar-refractivity contribution in [2.75, 3.05) is 0 Å². The fraction of sp³-hybridized carbons (Fsp3) is 0.417. The minimum absolute atomic E-state index is 0.0917. The van der Waals surface area contributed by atoms with Crippen molar-refractivity contribution in [1.82, 2.24) is 0 Å². The number of aryl methyl sites for hydroxylation is 1. The second-order valence-electron chi connectivity index (χ2n) is 7.80. The maximum absolute atomic E-state index is 14.8. The Hall–Kier alpha value is -2.17. The molecule has 1 saturated carbocycles. The Morgan fingerprint density at radius 2 is 1.59 bits per heavy atom. The highest BCUT2D eigenvalue weighted by atomic mass is 19.4. The minimum atomic E-state index is -4.64. The largest absolute Gasteiger partial charge is 0.412 e. The quantitative estimate of drug-likeness (QED) is 0.438. The molecule has 0 nitrogen and oxygen atoms in total. The van der Waals surface area contributed by atoms with Crippen molar-refractivity contribution < 1.29 is 22.0 Å². The first-order valence-electron chi connectivity index (χ1n) is 10.1. The van der Waals surface area contributed by atoms with Crippen LogP contribution >= 0.6 is 0 Å². The molecule has 0 bridgehead atoms. The molecule has 0 aliphatic heterocycles. The number of rotatable bonds is 5. The second kappa shape index (κ2) is 9.10. The molecule has 2 aromatic carbocycles. The highest BCUT2D eigenvalue weighted by Crippen LogP contribution is 2.41. The van der Waals surface area contributed by atoms with Gasteiger partial charge in [-0.15, -0.1) is 0 Å². The molecule has 0 unspecified atom stereocenters. The van der Waals surface area contributed by atoms with E-state index >= 15 is 0 Å². The van der Waals surface area contributed by atoms with Crippen LogP contribution in [0, 0.1) is 11.7 Å². The molecule has 0 radical (unpaired) electrons. The standard InChI is InChI=1S/C24H25F5/c1-2-3-16-4-6-17(7-5-16)20-12-13-21(22(25)14-20)18-8-10-19(11-9-18)23(26)15-24(27,28)29/h4-7,12-15,18-19H,2-3,8-11H2,1H3/b23-15-. The van der Waals surface area contributed by atoms with Crippen LogP contribution in [0.2, 0.25) is 0 Å². The van der Waals surface area contributed by atoms with Crippen molar-refractivity contribution in [3.05, 3.63) is 71.3 Å². The van der Waals surface area contributed by atoms with Gasteiger partial charge in [0, 0.05) is 5.92 Å². The number of hydrogen-bond donors (Lipinski definition) is 0. The summed E-state index contributed by atoms with van der Waals surface area (Å²) < 4.78 is 65.5. The molecule has 0 aromatic heterocycles. The van der Waals surface area contributed by atoms with Gasteiger partial charge in [-0.3, -0.25) is 0 Å². The van der Waals surface area contributed by atoms with Crippen molar-refractivity contribution in [3.63, 3.8) is 0 Å². The van der Waals surface area contributed by atoms with E-state index in [0.29, 0.717) is 31.2 Å². The van der Waals surface area contributed by atoms with Gasteiger partial charge in [-0.25, -0.2) is 8.78 Å². The Morgan fingerprint density at radius 1 is 0.966 bits per heavy atom. The lowest BCUT2D eigenvalue weighted by Gasteiger charge is -2.28. The number of hydrogen-bond acceptors (Lipinski definition) is 0. The van der Waals surface area contributed by atoms with E-state index in [4.69, 9.17) is 0 Å². The van der Waals surface area contributed by atoms with E-state index in [2.05, 4.69) is 19.1 Å². The lowest BCUT2D eigenvalue weighted by molar-refractivity contribution is -0.0820. The van der Waals surface area contributed by atoms with E-state index in [1.54, 1.807) is 6.07 Å². The van der Waals surface area contributed by atoms with Gasteiger partial charge in [-0.2, -0.15) is 13.2 Å². The van der Waals surface area contributed by atoms with Crippen molar-refractivity contribution in [1.29, 1.82) is 0 Å². The number of benzene rings is 2. The monoisotopic (exact) mass is 408 g/mol. The predicted molar refractivity (Wildman–Crippen MR) is 106 cm³/mol. The summed E-state index contributed by atoms with van der Waals surface area (Å²) in [6.07, 6.45) is -1.27. The van der Waals surface area contributed by atoms with Crippen LogP contribution in [-0.4, -0.2) is 6.18 Å². The van der Waals surface area contributed by atoms with Gasteiger partial charge in [0.05, 0.1) is 6.08 Å². The molecule has 0 atom stereocenters. The van der Waals surface area contributed by atoms with Crippen LogP contribution < -0.4 is 0 Å². The van der Waals surface area contributed by atoms with E-state index in [1.165, 1.54) is 11.6 Å². The second-order valence-corrected chi connectivity index (χ2v) is 7.80. The third kappa shape index (κ3) is 5.68. The molecule has 29 heavy (non-hydrogen) atoms. The van der Waals surface area contributed by atoms with Gasteiger partial charge in [0.15, 0.2) is 0 Å². The van der Waals surface area contributed by atoms with E-state index in [9.17, 15) is 22.0 Å². The van der Waals surface area contributed by atoms with Crippen LogP contribution in [0.1, 0.15) is 56.1 Å². The maximum atomic E-state index is 14.8. The highest BCUT2D eigenvalue weighted by molar-refractivity contribution is 5.64. The zero-order chi connectivity index (χ0) is 21.0. The summed E-state index contributed by atoms with van der Waals surface area (Å²) in [6.45, 7) is 2.12. The lowest BCUT2D eigenvalue weighted by Crippen LogP contribution is -2.16. The zero-order valence-electron chi connectivity index (χ0n) is 16.4. The Balaban J connectivity index is 1.68. The average molecular weight is 408 g/mol. The summed E-state index contributed by atoms with van der Waals surface area (Å²) in [4.78, 5) is 0. The molecule has 1 aliphatic carbocycles. The zero-order valence-corrected chi connectivity index (χ0v) is 16.4. The Kier molecular flexibility index (Phi) is 6.76. The van der Waals surface area contributed by atoms with E-state index in [-0.39, 0.29) is 17.8 Å². The third-order valence-electron chi connectivity index (χ3n) is 5.68. The first-order valence-corrected chi connectivity index (χ1v) is 10.1. The van der Waals surface area contributed by atoms with Crippen molar-refractivity contribution >= 4 is 0 Å². The topological polar surface area (TPSA) is 0 Å². The fourth-order valence-corrected chi connectivity index (χ4v) is 4.14. The van der Waals surface area contributed by atoms with Crippen molar-refractivity contribution in [2.45, 2.75) is 57.5 Å². The van der Waals surface area contributed by atoms with Crippen molar-refractivity contribution in [2.24, 2.45) is 5.92 Å². The SMILES string of the molecule is CCCc1ccc(-c2ccc(C3CCC(/C(F)=C/C(F)(F)F)CC3)c(F)c2)cc1. The summed E-state index contributed by atoms with van der Waals surface area (Å²) in [5.74, 6) is -2.24. The van der Waals surface area contributed by atoms with Gasteiger partial charge >= 0.3 is 6.18 Å². The van der Waals surface area contributed by atoms with Gasteiger partial charge < -0.3 is 0 Å². The lowest BCUT2D eigenvalue weighted by atomic mass is 9.77. The first-order chi connectivity index (χ1) is 13.8. The Bertz CT molecular complexity index is 841. The summed E-state index contributed by atoms with van der Waals surface area (Å²) >= 11 is 0. The molecular weight excluding hydrogens is 383 g/mol. The van der Waals surface area contributed by atoms with Crippen LogP contribution in [0.3, 0.4) is 0 Å². The summed E-state index contributed by atoms with van der Waals surface area (Å²) in [5, 5.41) is 0. The molecule has 1 fully saturated rings. The summed E-state index contributed by atoms with van der Waals surface area (Å²) in [6, 6.07) is 13.2. The van der Waals surface area contributed by atoms with Gasteiger partial charge in [0.1, 0.15) is 11.6 Å². The Labute approximate surface area is 168 Å². The molecule has 0 saturated heterocycles. The molecule has 5 heteroatoms. The predicted octanol–water partition coefficient (Wildman–Crippen LogP) is 8.13. The van der Waals surface area contributed by atoms with Crippen LogP contribution in [0.15, 0.2) is 54.4 Å². The molecule has 3 rings (SSSR count). The number of halogens is 5. The maximum Gasteiger partial charge on any atom is 0.412 e. The summed E-state index contributed by atoms with van der Waals surface area (Å²) in [5.41, 5.74) is 3.55. The normalized spacial score (nSPS) is 20.7. The van der Waals surface area contributed by atoms with Crippen LogP contribution in [0.4, 0.5) is 22.0 Å². The molecule has 0 amide bonds. The molecule has 2 aromatic rings. The molecule has 156 valence electrons. The average Bonchev–Trinajstić information content (AvgIpc) is 2.68. The summed E-state index contributed by atoms with van der Waals surface area (Å²) in [7, 11) is 0. The van der Waals surface area contributed by atoms with Gasteiger partial charge in [-0.1, -0.05) is 49.7 Å². The fourth-order valence-electron chi connectivity index (χ4n) is 4.14. The van der Waals surface area contributed by atoms with E-state index < -0.39 is 17.9 Å². The minimum Gasteiger partial charge on any atom is -0.212 e. The van der Waals surface area contributed by atoms with Gasteiger partial charge in [-0.05, 0) is 66.3 Å². The molecule has 0 spiro atoms. The molecule has 0 N–H and O–H groups in total. The van der Waals surface area contributed by atoms with Crippen LogP contribution in [0.25, 0.3) is 11.1 Å². The van der Waals surface area contributed by atoms with E-state index in [0.717, 1.165) is 24.0 Å². The van der Waals surface area contributed by atoms with Gasteiger partial charge in [0.25, 0.3) is 0 Å². The highest BCUT2D eigenvalue weighted by Gasteiger charge is 2.31. The smallest absolute Gasteiger partial charge is 0.212 e. The Morgan fingerprint density at radius 3 is 2.14 bits per heavy atom.